The first-order valence-corrected chi connectivity index (χ1v) is 9.25. The standard InChI is InChI=1S/C18H35NO3/c1-15-17(20)14-13-16(19-15)11-9-7-5-3-2-4-6-8-10-12-18(21)22/h15-17,19-20H,2-14H2,1H3,(H,21,22). The number of hydrogen-bond acceptors (Lipinski definition) is 3. The minimum absolute atomic E-state index is 0.160. The Morgan fingerprint density at radius 1 is 0.955 bits per heavy atom. The molecule has 1 fully saturated rings. The quantitative estimate of drug-likeness (QED) is 0.478. The first-order chi connectivity index (χ1) is 10.6. The van der Waals surface area contributed by atoms with Gasteiger partial charge in [-0.05, 0) is 32.6 Å². The van der Waals surface area contributed by atoms with E-state index >= 15 is 0 Å². The van der Waals surface area contributed by atoms with Crippen molar-refractivity contribution in [2.75, 3.05) is 0 Å². The maximum atomic E-state index is 10.4. The Kier molecular flexibility index (Phi) is 10.5. The normalized spacial score (nSPS) is 25.3. The van der Waals surface area contributed by atoms with E-state index in [1.807, 2.05) is 0 Å². The van der Waals surface area contributed by atoms with Gasteiger partial charge in [0.1, 0.15) is 0 Å². The Labute approximate surface area is 135 Å². The Balaban J connectivity index is 1.81. The Morgan fingerprint density at radius 3 is 2.05 bits per heavy atom. The number of unbranched alkanes of at least 4 members (excludes halogenated alkanes) is 8. The van der Waals surface area contributed by atoms with Crippen LogP contribution in [-0.2, 0) is 4.79 Å². The van der Waals surface area contributed by atoms with Crippen LogP contribution >= 0.6 is 0 Å². The molecule has 130 valence electrons. The minimum Gasteiger partial charge on any atom is -0.481 e. The van der Waals surface area contributed by atoms with E-state index in [2.05, 4.69) is 12.2 Å². The third-order valence-corrected chi connectivity index (χ3v) is 4.83. The van der Waals surface area contributed by atoms with E-state index < -0.39 is 5.97 Å². The summed E-state index contributed by atoms with van der Waals surface area (Å²) in [6.07, 6.45) is 14.3. The van der Waals surface area contributed by atoms with Crippen molar-refractivity contribution in [3.63, 3.8) is 0 Å². The van der Waals surface area contributed by atoms with Gasteiger partial charge in [-0.3, -0.25) is 4.79 Å². The average Bonchev–Trinajstić information content (AvgIpc) is 2.48. The Morgan fingerprint density at radius 2 is 1.50 bits per heavy atom. The van der Waals surface area contributed by atoms with Crippen LogP contribution in [0.4, 0.5) is 0 Å². The van der Waals surface area contributed by atoms with Crippen LogP contribution in [0, 0.1) is 0 Å². The van der Waals surface area contributed by atoms with E-state index in [0.717, 1.165) is 25.7 Å². The van der Waals surface area contributed by atoms with Gasteiger partial charge in [0.2, 0.25) is 0 Å². The highest BCUT2D eigenvalue weighted by atomic mass is 16.4. The van der Waals surface area contributed by atoms with Crippen molar-refractivity contribution in [3.05, 3.63) is 0 Å². The van der Waals surface area contributed by atoms with Gasteiger partial charge < -0.3 is 15.5 Å². The van der Waals surface area contributed by atoms with Gasteiger partial charge in [-0.25, -0.2) is 0 Å². The fourth-order valence-electron chi connectivity index (χ4n) is 3.32. The highest BCUT2D eigenvalue weighted by Gasteiger charge is 2.24. The summed E-state index contributed by atoms with van der Waals surface area (Å²) >= 11 is 0. The molecule has 0 aromatic rings. The minimum atomic E-state index is -0.670. The van der Waals surface area contributed by atoms with Gasteiger partial charge in [0, 0.05) is 18.5 Å². The number of aliphatic hydroxyl groups excluding tert-OH is 1. The summed E-state index contributed by atoms with van der Waals surface area (Å²) in [5.74, 6) is -0.670. The first kappa shape index (κ1) is 19.4. The molecule has 4 nitrogen and oxygen atoms in total. The Hall–Kier alpha value is -0.610. The predicted octanol–water partition coefficient (Wildman–Crippen LogP) is 3.86. The van der Waals surface area contributed by atoms with Crippen LogP contribution < -0.4 is 5.32 Å². The molecule has 1 saturated heterocycles. The fourth-order valence-corrected chi connectivity index (χ4v) is 3.32. The lowest BCUT2D eigenvalue weighted by molar-refractivity contribution is -0.137. The third-order valence-electron chi connectivity index (χ3n) is 4.83. The molecule has 0 aliphatic carbocycles. The van der Waals surface area contributed by atoms with Crippen molar-refractivity contribution >= 4 is 5.97 Å². The lowest BCUT2D eigenvalue weighted by atomic mass is 9.93. The number of aliphatic hydroxyl groups is 1. The molecule has 1 heterocycles. The zero-order valence-electron chi connectivity index (χ0n) is 14.2. The summed E-state index contributed by atoms with van der Waals surface area (Å²) < 4.78 is 0. The van der Waals surface area contributed by atoms with Crippen molar-refractivity contribution in [3.8, 4) is 0 Å². The zero-order chi connectivity index (χ0) is 16.2. The molecule has 1 aliphatic heterocycles. The van der Waals surface area contributed by atoms with E-state index in [-0.39, 0.29) is 12.1 Å². The van der Waals surface area contributed by atoms with Crippen molar-refractivity contribution in [1.29, 1.82) is 0 Å². The van der Waals surface area contributed by atoms with E-state index in [9.17, 15) is 9.90 Å². The number of carbonyl (C=O) groups is 1. The smallest absolute Gasteiger partial charge is 0.303 e. The maximum absolute atomic E-state index is 10.4. The molecule has 0 bridgehead atoms. The topological polar surface area (TPSA) is 69.6 Å². The molecule has 3 unspecified atom stereocenters. The molecular weight excluding hydrogens is 278 g/mol. The summed E-state index contributed by atoms with van der Waals surface area (Å²) in [6.45, 7) is 2.08. The largest absolute Gasteiger partial charge is 0.481 e. The van der Waals surface area contributed by atoms with Gasteiger partial charge in [0.05, 0.1) is 6.10 Å². The van der Waals surface area contributed by atoms with Gasteiger partial charge in [-0.2, -0.15) is 0 Å². The number of nitrogens with one attached hydrogen (secondary N) is 1. The summed E-state index contributed by atoms with van der Waals surface area (Å²) in [4.78, 5) is 10.4. The number of rotatable bonds is 12. The molecule has 22 heavy (non-hydrogen) atoms. The molecule has 0 radical (unpaired) electrons. The summed E-state index contributed by atoms with van der Waals surface area (Å²) in [7, 11) is 0. The van der Waals surface area contributed by atoms with Crippen molar-refractivity contribution in [2.45, 2.75) is 109 Å². The van der Waals surface area contributed by atoms with Crippen molar-refractivity contribution in [1.82, 2.24) is 5.32 Å². The van der Waals surface area contributed by atoms with Crippen molar-refractivity contribution in [2.24, 2.45) is 0 Å². The highest BCUT2D eigenvalue weighted by Crippen LogP contribution is 2.18. The molecular formula is C18H35NO3. The number of aliphatic carboxylic acids is 1. The summed E-state index contributed by atoms with van der Waals surface area (Å²) in [5, 5.41) is 21.7. The zero-order valence-corrected chi connectivity index (χ0v) is 14.2. The molecule has 0 saturated carbocycles. The molecule has 1 rings (SSSR count). The molecule has 3 N–H and O–H groups in total. The monoisotopic (exact) mass is 313 g/mol. The highest BCUT2D eigenvalue weighted by molar-refractivity contribution is 5.66. The average molecular weight is 313 g/mol. The van der Waals surface area contributed by atoms with Crippen LogP contribution in [0.25, 0.3) is 0 Å². The lowest BCUT2D eigenvalue weighted by Gasteiger charge is -2.32. The molecule has 0 spiro atoms. The molecule has 0 aromatic carbocycles. The van der Waals surface area contributed by atoms with E-state index in [1.54, 1.807) is 0 Å². The lowest BCUT2D eigenvalue weighted by Crippen LogP contribution is -2.48. The second-order valence-electron chi connectivity index (χ2n) is 6.91. The molecule has 0 amide bonds. The van der Waals surface area contributed by atoms with E-state index in [0.29, 0.717) is 12.5 Å². The van der Waals surface area contributed by atoms with Gasteiger partial charge in [0.15, 0.2) is 0 Å². The first-order valence-electron chi connectivity index (χ1n) is 9.25. The van der Waals surface area contributed by atoms with Gasteiger partial charge in [-0.15, -0.1) is 0 Å². The van der Waals surface area contributed by atoms with Gasteiger partial charge in [0.25, 0.3) is 0 Å². The van der Waals surface area contributed by atoms with Gasteiger partial charge in [-0.1, -0.05) is 51.4 Å². The SMILES string of the molecule is CC1NC(CCCCCCCCCCCC(=O)O)CCC1O. The van der Waals surface area contributed by atoms with Crippen molar-refractivity contribution < 1.29 is 15.0 Å². The predicted molar refractivity (Wildman–Crippen MR) is 90.0 cm³/mol. The van der Waals surface area contributed by atoms with E-state index in [1.165, 1.54) is 51.4 Å². The summed E-state index contributed by atoms with van der Waals surface area (Å²) in [5.41, 5.74) is 0. The molecule has 3 atom stereocenters. The molecule has 1 aliphatic rings. The second kappa shape index (κ2) is 11.9. The van der Waals surface area contributed by atoms with Crippen LogP contribution in [0.15, 0.2) is 0 Å². The van der Waals surface area contributed by atoms with Crippen LogP contribution in [0.5, 0.6) is 0 Å². The number of hydrogen-bond donors (Lipinski definition) is 3. The van der Waals surface area contributed by atoms with Gasteiger partial charge >= 0.3 is 5.97 Å². The van der Waals surface area contributed by atoms with Crippen LogP contribution in [-0.4, -0.2) is 34.4 Å². The maximum Gasteiger partial charge on any atom is 0.303 e. The van der Waals surface area contributed by atoms with E-state index in [4.69, 9.17) is 5.11 Å². The molecule has 0 aromatic heterocycles. The third kappa shape index (κ3) is 9.42. The number of piperidine rings is 1. The Bertz CT molecular complexity index is 296. The number of carboxylic acid groups (broad SMARTS) is 1. The van der Waals surface area contributed by atoms with Crippen LogP contribution in [0.2, 0.25) is 0 Å². The summed E-state index contributed by atoms with van der Waals surface area (Å²) in [6, 6.07) is 0.854. The van der Waals surface area contributed by atoms with Crippen LogP contribution in [0.3, 0.4) is 0 Å². The number of carboxylic acids is 1. The molecule has 4 heteroatoms. The fraction of sp³-hybridized carbons (Fsp3) is 0.944. The van der Waals surface area contributed by atoms with Crippen LogP contribution in [0.1, 0.15) is 90.4 Å². The second-order valence-corrected chi connectivity index (χ2v) is 6.91.